The van der Waals surface area contributed by atoms with Gasteiger partial charge in [-0.1, -0.05) is 13.8 Å². The second-order valence-electron chi connectivity index (χ2n) is 4.44. The van der Waals surface area contributed by atoms with Crippen LogP contribution in [0, 0.1) is 0 Å². The largest absolute Gasteiger partial charge is 0.310 e. The molecule has 1 aromatic rings. The van der Waals surface area contributed by atoms with Gasteiger partial charge in [-0.2, -0.15) is 5.10 Å². The summed E-state index contributed by atoms with van der Waals surface area (Å²) < 4.78 is 24.7. The Morgan fingerprint density at radius 1 is 1.44 bits per heavy atom. The van der Waals surface area contributed by atoms with Crippen molar-refractivity contribution in [1.29, 1.82) is 0 Å². The van der Waals surface area contributed by atoms with E-state index in [4.69, 9.17) is 0 Å². The lowest BCUT2D eigenvalue weighted by molar-refractivity contribution is 0.506. The van der Waals surface area contributed by atoms with E-state index in [0.29, 0.717) is 6.42 Å². The van der Waals surface area contributed by atoms with Crippen LogP contribution in [0.2, 0.25) is 0 Å². The van der Waals surface area contributed by atoms with E-state index in [1.54, 1.807) is 11.6 Å². The molecule has 1 atom stereocenters. The molecule has 1 N–H and O–H groups in total. The molecule has 1 heterocycles. The minimum Gasteiger partial charge on any atom is -0.310 e. The number of hydrogen-bond donors (Lipinski definition) is 1. The molecule has 5 nitrogen and oxygen atoms in total. The van der Waals surface area contributed by atoms with Crippen LogP contribution in [-0.2, 0) is 16.9 Å². The van der Waals surface area contributed by atoms with E-state index in [9.17, 15) is 8.42 Å². The summed E-state index contributed by atoms with van der Waals surface area (Å²) >= 11 is 0. The zero-order valence-corrected chi connectivity index (χ0v) is 12.2. The lowest BCUT2D eigenvalue weighted by atomic mass is 10.1. The average molecular weight is 273 g/mol. The first-order valence-corrected chi connectivity index (χ1v) is 8.23. The zero-order valence-electron chi connectivity index (χ0n) is 11.4. The van der Waals surface area contributed by atoms with E-state index in [-0.39, 0.29) is 17.5 Å². The van der Waals surface area contributed by atoms with Crippen LogP contribution in [0.25, 0.3) is 0 Å². The summed E-state index contributed by atoms with van der Waals surface area (Å²) in [5.41, 5.74) is 1.12. The molecule has 1 unspecified atom stereocenters. The number of aromatic nitrogens is 2. The van der Waals surface area contributed by atoms with Gasteiger partial charge < -0.3 is 5.32 Å². The van der Waals surface area contributed by atoms with E-state index >= 15 is 0 Å². The van der Waals surface area contributed by atoms with Crippen molar-refractivity contribution in [1.82, 2.24) is 15.1 Å². The Kier molecular flexibility index (Phi) is 5.81. The molecule has 6 heteroatoms. The SMILES string of the molecule is CCNC(CCCS(=O)(=O)CC)c1cnn(C)c1. The molecule has 18 heavy (non-hydrogen) atoms. The number of aryl methyl sites for hydroxylation is 1. The fourth-order valence-corrected chi connectivity index (χ4v) is 2.80. The molecule has 0 spiro atoms. The highest BCUT2D eigenvalue weighted by molar-refractivity contribution is 7.91. The van der Waals surface area contributed by atoms with Gasteiger partial charge in [0.15, 0.2) is 0 Å². The lowest BCUT2D eigenvalue weighted by Crippen LogP contribution is -2.21. The van der Waals surface area contributed by atoms with Gasteiger partial charge in [-0.3, -0.25) is 4.68 Å². The molecule has 1 rings (SSSR count). The Morgan fingerprint density at radius 2 is 2.17 bits per heavy atom. The van der Waals surface area contributed by atoms with Crippen LogP contribution in [0.1, 0.15) is 38.3 Å². The molecular formula is C12H23N3O2S. The fourth-order valence-electron chi connectivity index (χ4n) is 1.90. The topological polar surface area (TPSA) is 64.0 Å². The lowest BCUT2D eigenvalue weighted by Gasteiger charge is -2.16. The van der Waals surface area contributed by atoms with Crippen molar-refractivity contribution in [2.75, 3.05) is 18.1 Å². The minimum absolute atomic E-state index is 0.191. The summed E-state index contributed by atoms with van der Waals surface area (Å²) in [6.45, 7) is 4.60. The van der Waals surface area contributed by atoms with Gasteiger partial charge >= 0.3 is 0 Å². The molecule has 104 valence electrons. The summed E-state index contributed by atoms with van der Waals surface area (Å²) in [7, 11) is -0.973. The molecule has 0 amide bonds. The normalized spacial score (nSPS) is 13.7. The van der Waals surface area contributed by atoms with Crippen molar-refractivity contribution in [2.45, 2.75) is 32.7 Å². The van der Waals surface area contributed by atoms with E-state index in [0.717, 1.165) is 18.5 Å². The monoisotopic (exact) mass is 273 g/mol. The second kappa shape index (κ2) is 6.89. The van der Waals surface area contributed by atoms with Crippen molar-refractivity contribution >= 4 is 9.84 Å². The first kappa shape index (κ1) is 15.2. The Hall–Kier alpha value is -0.880. The Bertz CT molecular complexity index is 454. The Morgan fingerprint density at radius 3 is 2.67 bits per heavy atom. The van der Waals surface area contributed by atoms with E-state index in [2.05, 4.69) is 10.4 Å². The van der Waals surface area contributed by atoms with Gasteiger partial charge in [0.25, 0.3) is 0 Å². The number of nitrogens with one attached hydrogen (secondary N) is 1. The van der Waals surface area contributed by atoms with Crippen LogP contribution in [0.4, 0.5) is 0 Å². The van der Waals surface area contributed by atoms with E-state index < -0.39 is 9.84 Å². The zero-order chi connectivity index (χ0) is 13.6. The summed E-state index contributed by atoms with van der Waals surface area (Å²) in [5.74, 6) is 0.497. The average Bonchev–Trinajstić information content (AvgIpc) is 2.74. The van der Waals surface area contributed by atoms with Crippen LogP contribution in [-0.4, -0.2) is 36.2 Å². The highest BCUT2D eigenvalue weighted by atomic mass is 32.2. The summed E-state index contributed by atoms with van der Waals surface area (Å²) in [6, 6.07) is 0.191. The van der Waals surface area contributed by atoms with Gasteiger partial charge in [0.05, 0.1) is 11.9 Å². The molecule has 0 bridgehead atoms. The van der Waals surface area contributed by atoms with Gasteiger partial charge in [-0.15, -0.1) is 0 Å². The molecule has 0 radical (unpaired) electrons. The van der Waals surface area contributed by atoms with Crippen LogP contribution in [0.3, 0.4) is 0 Å². The van der Waals surface area contributed by atoms with Gasteiger partial charge in [0.2, 0.25) is 0 Å². The Balaban J connectivity index is 2.54. The van der Waals surface area contributed by atoms with E-state index in [1.165, 1.54) is 0 Å². The molecule has 0 aliphatic heterocycles. The first-order chi connectivity index (χ1) is 8.48. The summed E-state index contributed by atoms with van der Waals surface area (Å²) in [6.07, 6.45) is 5.31. The molecule has 0 saturated heterocycles. The predicted octanol–water partition coefficient (Wildman–Crippen LogP) is 1.29. The maximum Gasteiger partial charge on any atom is 0.150 e. The maximum absolute atomic E-state index is 11.4. The number of sulfone groups is 1. The summed E-state index contributed by atoms with van der Waals surface area (Å²) in [4.78, 5) is 0. The molecule has 0 saturated carbocycles. The maximum atomic E-state index is 11.4. The molecule has 0 aromatic carbocycles. The standard InChI is InChI=1S/C12H23N3O2S/c1-4-13-12(11-9-14-15(3)10-11)7-6-8-18(16,17)5-2/h9-10,12-13H,4-8H2,1-3H3. The third-order valence-electron chi connectivity index (χ3n) is 2.97. The number of rotatable bonds is 8. The molecule has 1 aromatic heterocycles. The first-order valence-electron chi connectivity index (χ1n) is 6.41. The van der Waals surface area contributed by atoms with Crippen LogP contribution < -0.4 is 5.32 Å². The smallest absolute Gasteiger partial charge is 0.150 e. The number of nitrogens with zero attached hydrogens (tertiary/aromatic N) is 2. The van der Waals surface area contributed by atoms with Crippen LogP contribution in [0.5, 0.6) is 0 Å². The quantitative estimate of drug-likeness (QED) is 0.775. The van der Waals surface area contributed by atoms with Gasteiger partial charge in [-0.05, 0) is 19.4 Å². The molecule has 0 aliphatic carbocycles. The van der Waals surface area contributed by atoms with Gasteiger partial charge in [-0.25, -0.2) is 8.42 Å². The summed E-state index contributed by atoms with van der Waals surface area (Å²) in [5, 5.41) is 7.52. The minimum atomic E-state index is -2.86. The van der Waals surface area contributed by atoms with Crippen molar-refractivity contribution in [3.8, 4) is 0 Å². The highest BCUT2D eigenvalue weighted by Crippen LogP contribution is 2.18. The van der Waals surface area contributed by atoms with Gasteiger partial charge in [0, 0.05) is 30.6 Å². The Labute approximate surface area is 109 Å². The van der Waals surface area contributed by atoms with Crippen LogP contribution in [0.15, 0.2) is 12.4 Å². The van der Waals surface area contributed by atoms with Crippen molar-refractivity contribution in [2.24, 2.45) is 7.05 Å². The third kappa shape index (κ3) is 4.78. The molecule has 0 fully saturated rings. The van der Waals surface area contributed by atoms with Crippen molar-refractivity contribution in [3.05, 3.63) is 18.0 Å². The van der Waals surface area contributed by atoms with E-state index in [1.807, 2.05) is 26.4 Å². The van der Waals surface area contributed by atoms with Crippen molar-refractivity contribution in [3.63, 3.8) is 0 Å². The molecular weight excluding hydrogens is 250 g/mol. The second-order valence-corrected chi connectivity index (χ2v) is 6.91. The van der Waals surface area contributed by atoms with Crippen molar-refractivity contribution < 1.29 is 8.42 Å². The van der Waals surface area contributed by atoms with Crippen LogP contribution >= 0.6 is 0 Å². The predicted molar refractivity (Wildman–Crippen MR) is 73.2 cm³/mol. The van der Waals surface area contributed by atoms with Gasteiger partial charge in [0.1, 0.15) is 9.84 Å². The third-order valence-corrected chi connectivity index (χ3v) is 4.76. The number of hydrogen-bond acceptors (Lipinski definition) is 4. The highest BCUT2D eigenvalue weighted by Gasteiger charge is 2.14. The molecule has 0 aliphatic rings. The fraction of sp³-hybridized carbons (Fsp3) is 0.750.